The van der Waals surface area contributed by atoms with E-state index >= 15 is 0 Å². The zero-order chi connectivity index (χ0) is 20.4. The Labute approximate surface area is 164 Å². The fraction of sp³-hybridized carbons (Fsp3) is 0.300. The number of benzene rings is 2. The Morgan fingerprint density at radius 1 is 1.17 bits per heavy atom. The summed E-state index contributed by atoms with van der Waals surface area (Å²) < 4.78 is 46.1. The van der Waals surface area contributed by atoms with Gasteiger partial charge in [-0.2, -0.15) is 0 Å². The summed E-state index contributed by atoms with van der Waals surface area (Å²) in [5.41, 5.74) is 2.15. The first kappa shape index (κ1) is 19.1. The van der Waals surface area contributed by atoms with E-state index in [0.29, 0.717) is 24.4 Å². The zero-order valence-electron chi connectivity index (χ0n) is 15.3. The minimum atomic E-state index is -4.72. The zero-order valence-corrected chi connectivity index (χ0v) is 15.3. The Balaban J connectivity index is 1.47. The molecule has 29 heavy (non-hydrogen) atoms. The first-order chi connectivity index (χ1) is 13.9. The quantitative estimate of drug-likeness (QED) is 0.633. The minimum absolute atomic E-state index is 0.0816. The Kier molecular flexibility index (Phi) is 5.04. The number of halogens is 3. The average Bonchev–Trinajstić information content (AvgIpc) is 3.27. The van der Waals surface area contributed by atoms with Gasteiger partial charge in [-0.15, -0.1) is 13.2 Å². The normalized spacial score (nSPS) is 16.8. The van der Waals surface area contributed by atoms with Crippen LogP contribution in [0.4, 0.5) is 19.0 Å². The number of hydrogen-bond acceptors (Lipinski definition) is 5. The van der Waals surface area contributed by atoms with E-state index in [-0.39, 0.29) is 17.7 Å². The molecule has 1 saturated heterocycles. The fourth-order valence-corrected chi connectivity index (χ4v) is 3.35. The van der Waals surface area contributed by atoms with Crippen LogP contribution >= 0.6 is 0 Å². The molecule has 0 saturated carbocycles. The highest BCUT2D eigenvalue weighted by Gasteiger charge is 2.31. The van der Waals surface area contributed by atoms with Gasteiger partial charge in [0.1, 0.15) is 5.75 Å². The Hall–Kier alpha value is -3.23. The number of alkyl halides is 3. The molecule has 1 fully saturated rings. The molecule has 0 bridgehead atoms. The van der Waals surface area contributed by atoms with Crippen LogP contribution in [-0.4, -0.2) is 30.0 Å². The maximum absolute atomic E-state index is 12.3. The Morgan fingerprint density at radius 2 is 1.93 bits per heavy atom. The first-order valence-electron chi connectivity index (χ1n) is 9.16. The Bertz CT molecular complexity index is 1020. The van der Waals surface area contributed by atoms with Crippen molar-refractivity contribution in [2.24, 2.45) is 0 Å². The maximum Gasteiger partial charge on any atom is 0.573 e. The van der Waals surface area contributed by atoms with Gasteiger partial charge in [0.25, 0.3) is 0 Å². The molecule has 0 aliphatic carbocycles. The van der Waals surface area contributed by atoms with Crippen molar-refractivity contribution >= 4 is 22.7 Å². The molecular weight excluding hydrogens is 387 g/mol. The molecule has 0 spiro atoms. The van der Waals surface area contributed by atoms with Crippen molar-refractivity contribution in [2.45, 2.75) is 31.7 Å². The van der Waals surface area contributed by atoms with E-state index in [9.17, 15) is 18.0 Å². The molecule has 2 aromatic carbocycles. The molecule has 2 heterocycles. The van der Waals surface area contributed by atoms with Crippen LogP contribution in [-0.2, 0) is 4.79 Å². The number of carbonyl (C=O) groups is 1. The number of nitrogens with one attached hydrogen (secondary N) is 2. The van der Waals surface area contributed by atoms with Gasteiger partial charge in [0, 0.05) is 19.0 Å². The van der Waals surface area contributed by atoms with Crippen molar-refractivity contribution in [3.8, 4) is 16.9 Å². The molecule has 1 unspecified atom stereocenters. The molecule has 3 aromatic rings. The lowest BCUT2D eigenvalue weighted by Gasteiger charge is -2.10. The smallest absolute Gasteiger partial charge is 0.406 e. The van der Waals surface area contributed by atoms with E-state index in [1.807, 2.05) is 12.1 Å². The van der Waals surface area contributed by atoms with E-state index < -0.39 is 6.36 Å². The van der Waals surface area contributed by atoms with Crippen LogP contribution in [0.2, 0.25) is 0 Å². The summed E-state index contributed by atoms with van der Waals surface area (Å²) in [6.45, 7) is 0.625. The standard InChI is InChI=1S/C20H18F3N3O3/c21-20(22,23)28-15-5-1-12(2-6-15)13-3-7-17-16(11-13)19(26-29-17)24-10-9-14-4-8-18(27)25-14/h1-3,5-7,11,14H,4,8-10H2,(H,24,26)(H,25,27). The van der Waals surface area contributed by atoms with E-state index in [4.69, 9.17) is 4.52 Å². The van der Waals surface area contributed by atoms with Crippen molar-refractivity contribution < 1.29 is 27.2 Å². The van der Waals surface area contributed by atoms with E-state index in [1.165, 1.54) is 12.1 Å². The molecule has 1 aromatic heterocycles. The monoisotopic (exact) mass is 405 g/mol. The fourth-order valence-electron chi connectivity index (χ4n) is 3.35. The van der Waals surface area contributed by atoms with Crippen molar-refractivity contribution in [2.75, 3.05) is 11.9 Å². The first-order valence-corrected chi connectivity index (χ1v) is 9.16. The maximum atomic E-state index is 12.3. The van der Waals surface area contributed by atoms with Gasteiger partial charge in [-0.1, -0.05) is 23.4 Å². The largest absolute Gasteiger partial charge is 0.573 e. The number of hydrogen-bond donors (Lipinski definition) is 2. The number of aromatic nitrogens is 1. The molecule has 1 amide bonds. The van der Waals surface area contributed by atoms with E-state index in [0.717, 1.165) is 29.4 Å². The van der Waals surface area contributed by atoms with Crippen molar-refractivity contribution in [3.05, 3.63) is 42.5 Å². The molecule has 9 heteroatoms. The van der Waals surface area contributed by atoms with Gasteiger partial charge in [-0.25, -0.2) is 0 Å². The van der Waals surface area contributed by atoms with Crippen molar-refractivity contribution in [3.63, 3.8) is 0 Å². The number of ether oxygens (including phenoxy) is 1. The summed E-state index contributed by atoms with van der Waals surface area (Å²) in [6.07, 6.45) is -2.54. The Morgan fingerprint density at radius 3 is 2.62 bits per heavy atom. The number of fused-ring (bicyclic) bond motifs is 1. The molecular formula is C20H18F3N3O3. The van der Waals surface area contributed by atoms with Crippen molar-refractivity contribution in [1.82, 2.24) is 10.5 Å². The van der Waals surface area contributed by atoms with Gasteiger partial charge in [-0.3, -0.25) is 4.79 Å². The van der Waals surface area contributed by atoms with Crippen LogP contribution < -0.4 is 15.4 Å². The highest BCUT2D eigenvalue weighted by atomic mass is 19.4. The SMILES string of the molecule is O=C1CCC(CCNc2noc3ccc(-c4ccc(OC(F)(F)F)cc4)cc23)N1. The third kappa shape index (κ3) is 4.61. The van der Waals surface area contributed by atoms with E-state index in [2.05, 4.69) is 20.5 Å². The lowest BCUT2D eigenvalue weighted by Crippen LogP contribution is -2.27. The highest BCUT2D eigenvalue weighted by Crippen LogP contribution is 2.31. The summed E-state index contributed by atoms with van der Waals surface area (Å²) >= 11 is 0. The molecule has 2 N–H and O–H groups in total. The van der Waals surface area contributed by atoms with Gasteiger partial charge in [0.2, 0.25) is 5.91 Å². The minimum Gasteiger partial charge on any atom is -0.406 e. The summed E-state index contributed by atoms with van der Waals surface area (Å²) in [7, 11) is 0. The number of anilines is 1. The van der Waals surface area contributed by atoms with Crippen LogP contribution in [0.1, 0.15) is 19.3 Å². The third-order valence-corrected chi connectivity index (χ3v) is 4.76. The number of rotatable bonds is 6. The molecule has 4 rings (SSSR count). The van der Waals surface area contributed by atoms with Gasteiger partial charge < -0.3 is 19.9 Å². The van der Waals surface area contributed by atoms with Crippen LogP contribution in [0.5, 0.6) is 5.75 Å². The average molecular weight is 405 g/mol. The summed E-state index contributed by atoms with van der Waals surface area (Å²) in [5.74, 6) is 0.398. The summed E-state index contributed by atoms with van der Waals surface area (Å²) in [5, 5.41) is 11.0. The number of carbonyl (C=O) groups excluding carboxylic acids is 1. The third-order valence-electron chi connectivity index (χ3n) is 4.76. The van der Waals surface area contributed by atoms with Gasteiger partial charge in [0.05, 0.1) is 5.39 Å². The molecule has 0 radical (unpaired) electrons. The molecule has 6 nitrogen and oxygen atoms in total. The molecule has 1 aliphatic rings. The predicted octanol–water partition coefficient (Wildman–Crippen LogP) is 4.47. The molecule has 1 aliphatic heterocycles. The second-order valence-electron chi connectivity index (χ2n) is 6.83. The topological polar surface area (TPSA) is 76.4 Å². The highest BCUT2D eigenvalue weighted by molar-refractivity contribution is 5.91. The summed E-state index contributed by atoms with van der Waals surface area (Å²) in [4.78, 5) is 11.3. The van der Waals surface area contributed by atoms with Crippen LogP contribution in [0.15, 0.2) is 47.0 Å². The second kappa shape index (κ2) is 7.65. The van der Waals surface area contributed by atoms with Crippen LogP contribution in [0.25, 0.3) is 22.1 Å². The second-order valence-corrected chi connectivity index (χ2v) is 6.83. The number of amides is 1. The van der Waals surface area contributed by atoms with Gasteiger partial charge in [-0.05, 0) is 48.2 Å². The van der Waals surface area contributed by atoms with Crippen molar-refractivity contribution in [1.29, 1.82) is 0 Å². The lowest BCUT2D eigenvalue weighted by atomic mass is 10.0. The molecule has 1 atom stereocenters. The van der Waals surface area contributed by atoms with Crippen LogP contribution in [0.3, 0.4) is 0 Å². The van der Waals surface area contributed by atoms with E-state index in [1.54, 1.807) is 18.2 Å². The summed E-state index contributed by atoms with van der Waals surface area (Å²) in [6, 6.07) is 11.3. The predicted molar refractivity (Wildman–Crippen MR) is 100 cm³/mol. The number of nitrogens with zero attached hydrogens (tertiary/aromatic N) is 1. The van der Waals surface area contributed by atoms with Gasteiger partial charge in [0.15, 0.2) is 11.4 Å². The van der Waals surface area contributed by atoms with Crippen LogP contribution in [0, 0.1) is 0 Å². The van der Waals surface area contributed by atoms with Gasteiger partial charge >= 0.3 is 6.36 Å². The molecule has 152 valence electrons. The lowest BCUT2D eigenvalue weighted by molar-refractivity contribution is -0.274.